The van der Waals surface area contributed by atoms with E-state index in [0.29, 0.717) is 13.1 Å². The second-order valence-corrected chi connectivity index (χ2v) is 4.76. The molecule has 2 rings (SSSR count). The molecular weight excluding hydrogens is 242 g/mol. The first-order chi connectivity index (χ1) is 9.22. The number of nitrogens with zero attached hydrogens (tertiary/aromatic N) is 1. The Kier molecular flexibility index (Phi) is 4.76. The summed E-state index contributed by atoms with van der Waals surface area (Å²) in [6, 6.07) is 6.03. The lowest BCUT2D eigenvalue weighted by molar-refractivity contribution is -0.121. The number of amides is 1. The Labute approximate surface area is 113 Å². The molecule has 1 saturated heterocycles. The molecule has 0 bridgehead atoms. The van der Waals surface area contributed by atoms with Gasteiger partial charge in [-0.3, -0.25) is 9.69 Å². The van der Waals surface area contributed by atoms with Crippen LogP contribution in [-0.4, -0.2) is 37.6 Å². The van der Waals surface area contributed by atoms with Gasteiger partial charge in [0.2, 0.25) is 5.91 Å². The van der Waals surface area contributed by atoms with Crippen LogP contribution < -0.4 is 15.8 Å². The van der Waals surface area contributed by atoms with Crippen molar-refractivity contribution in [3.05, 3.63) is 29.3 Å². The highest BCUT2D eigenvalue weighted by Crippen LogP contribution is 2.20. The molecule has 1 fully saturated rings. The van der Waals surface area contributed by atoms with Crippen LogP contribution in [0.3, 0.4) is 0 Å². The van der Waals surface area contributed by atoms with Crippen molar-refractivity contribution >= 4 is 5.91 Å². The van der Waals surface area contributed by atoms with Gasteiger partial charge in [0.25, 0.3) is 0 Å². The molecule has 19 heavy (non-hydrogen) atoms. The van der Waals surface area contributed by atoms with Gasteiger partial charge in [0.05, 0.1) is 13.7 Å². The van der Waals surface area contributed by atoms with E-state index in [4.69, 9.17) is 10.5 Å². The second kappa shape index (κ2) is 6.54. The third-order valence-corrected chi connectivity index (χ3v) is 3.31. The van der Waals surface area contributed by atoms with Crippen molar-refractivity contribution in [1.29, 1.82) is 0 Å². The highest BCUT2D eigenvalue weighted by atomic mass is 16.5. The summed E-state index contributed by atoms with van der Waals surface area (Å²) in [4.78, 5) is 13.7. The van der Waals surface area contributed by atoms with Gasteiger partial charge >= 0.3 is 0 Å². The van der Waals surface area contributed by atoms with Crippen LogP contribution in [0.5, 0.6) is 5.75 Å². The number of hydrogen-bond donors (Lipinski definition) is 2. The minimum absolute atomic E-state index is 0.102. The van der Waals surface area contributed by atoms with Crippen LogP contribution in [0.1, 0.15) is 17.5 Å². The average Bonchev–Trinajstić information content (AvgIpc) is 2.63. The predicted molar refractivity (Wildman–Crippen MR) is 73.8 cm³/mol. The lowest BCUT2D eigenvalue weighted by Crippen LogP contribution is -2.32. The summed E-state index contributed by atoms with van der Waals surface area (Å²) in [7, 11) is 1.65. The van der Waals surface area contributed by atoms with E-state index >= 15 is 0 Å². The molecule has 0 aromatic heterocycles. The average molecular weight is 263 g/mol. The number of carbonyl (C=O) groups excluding carboxylic acids is 1. The monoisotopic (exact) mass is 263 g/mol. The molecule has 1 aromatic carbocycles. The van der Waals surface area contributed by atoms with E-state index in [2.05, 4.69) is 16.3 Å². The third kappa shape index (κ3) is 3.68. The molecule has 1 aliphatic rings. The van der Waals surface area contributed by atoms with Gasteiger partial charge in [-0.15, -0.1) is 0 Å². The van der Waals surface area contributed by atoms with Crippen LogP contribution in [0.2, 0.25) is 0 Å². The van der Waals surface area contributed by atoms with Crippen LogP contribution in [0.15, 0.2) is 18.2 Å². The van der Waals surface area contributed by atoms with Gasteiger partial charge < -0.3 is 15.8 Å². The maximum Gasteiger partial charge on any atom is 0.234 e. The standard InChI is InChI=1S/C14H21N3O2/c1-19-13-4-3-11(7-12(13)8-15)9-17-6-2-5-16-14(18)10-17/h3-4,7H,2,5-6,8-10,15H2,1H3,(H,16,18). The molecule has 0 saturated carbocycles. The van der Waals surface area contributed by atoms with Crippen LogP contribution in [0.4, 0.5) is 0 Å². The van der Waals surface area contributed by atoms with Gasteiger partial charge in [-0.1, -0.05) is 6.07 Å². The van der Waals surface area contributed by atoms with Crippen molar-refractivity contribution in [2.75, 3.05) is 26.7 Å². The lowest BCUT2D eigenvalue weighted by Gasteiger charge is -2.19. The molecule has 1 amide bonds. The molecule has 0 unspecified atom stereocenters. The number of ether oxygens (including phenoxy) is 1. The first kappa shape index (κ1) is 13.8. The highest BCUT2D eigenvalue weighted by Gasteiger charge is 2.15. The lowest BCUT2D eigenvalue weighted by atomic mass is 10.1. The quantitative estimate of drug-likeness (QED) is 0.829. The number of nitrogens with two attached hydrogens (primary N) is 1. The van der Waals surface area contributed by atoms with Crippen molar-refractivity contribution < 1.29 is 9.53 Å². The number of carbonyl (C=O) groups is 1. The Morgan fingerprint density at radius 1 is 1.47 bits per heavy atom. The molecule has 3 N–H and O–H groups in total. The van der Waals surface area contributed by atoms with Crippen molar-refractivity contribution in [2.45, 2.75) is 19.5 Å². The number of hydrogen-bond acceptors (Lipinski definition) is 4. The Morgan fingerprint density at radius 2 is 2.32 bits per heavy atom. The number of methoxy groups -OCH3 is 1. The zero-order valence-electron chi connectivity index (χ0n) is 11.3. The zero-order chi connectivity index (χ0) is 13.7. The molecule has 1 aromatic rings. The molecule has 0 atom stereocenters. The van der Waals surface area contributed by atoms with Gasteiger partial charge in [-0.25, -0.2) is 0 Å². The van der Waals surface area contributed by atoms with E-state index < -0.39 is 0 Å². The second-order valence-electron chi connectivity index (χ2n) is 4.76. The third-order valence-electron chi connectivity index (χ3n) is 3.31. The predicted octanol–water partition coefficient (Wildman–Crippen LogP) is 0.476. The Morgan fingerprint density at radius 3 is 3.05 bits per heavy atom. The minimum atomic E-state index is 0.102. The summed E-state index contributed by atoms with van der Waals surface area (Å²) >= 11 is 0. The maximum atomic E-state index is 11.5. The summed E-state index contributed by atoms with van der Waals surface area (Å²) < 4.78 is 5.26. The maximum absolute atomic E-state index is 11.5. The van der Waals surface area contributed by atoms with E-state index in [9.17, 15) is 4.79 Å². The fourth-order valence-electron chi connectivity index (χ4n) is 2.35. The number of nitrogens with one attached hydrogen (secondary N) is 1. The smallest absolute Gasteiger partial charge is 0.234 e. The molecule has 5 nitrogen and oxygen atoms in total. The van der Waals surface area contributed by atoms with Gasteiger partial charge in [-0.05, 0) is 24.1 Å². The molecule has 1 aliphatic heterocycles. The summed E-state index contributed by atoms with van der Waals surface area (Å²) in [6.07, 6.45) is 0.992. The van der Waals surface area contributed by atoms with E-state index in [-0.39, 0.29) is 5.91 Å². The Balaban J connectivity index is 2.07. The number of rotatable bonds is 4. The van der Waals surface area contributed by atoms with Gasteiger partial charge in [0.1, 0.15) is 5.75 Å². The van der Waals surface area contributed by atoms with E-state index in [1.54, 1.807) is 7.11 Å². The summed E-state index contributed by atoms with van der Waals surface area (Å²) in [6.45, 7) is 3.39. The molecule has 104 valence electrons. The van der Waals surface area contributed by atoms with Crippen molar-refractivity contribution in [1.82, 2.24) is 10.2 Å². The summed E-state index contributed by atoms with van der Waals surface area (Å²) in [5.41, 5.74) is 7.88. The number of benzene rings is 1. The molecule has 0 aliphatic carbocycles. The van der Waals surface area contributed by atoms with E-state index in [1.807, 2.05) is 12.1 Å². The minimum Gasteiger partial charge on any atom is -0.496 e. The van der Waals surface area contributed by atoms with Crippen molar-refractivity contribution in [3.63, 3.8) is 0 Å². The highest BCUT2D eigenvalue weighted by molar-refractivity contribution is 5.78. The normalized spacial score (nSPS) is 16.8. The van der Waals surface area contributed by atoms with Crippen LogP contribution in [-0.2, 0) is 17.9 Å². The van der Waals surface area contributed by atoms with Gasteiger partial charge in [-0.2, -0.15) is 0 Å². The zero-order valence-corrected chi connectivity index (χ0v) is 11.3. The first-order valence-electron chi connectivity index (χ1n) is 6.58. The van der Waals surface area contributed by atoms with Crippen LogP contribution in [0, 0.1) is 0 Å². The Hall–Kier alpha value is -1.59. The fraction of sp³-hybridized carbons (Fsp3) is 0.500. The van der Waals surface area contributed by atoms with Crippen LogP contribution in [0.25, 0.3) is 0 Å². The summed E-state index contributed by atoms with van der Waals surface area (Å²) in [5, 5.41) is 2.88. The Bertz CT molecular complexity index is 448. The van der Waals surface area contributed by atoms with E-state index in [1.165, 1.54) is 0 Å². The molecule has 0 spiro atoms. The summed E-state index contributed by atoms with van der Waals surface area (Å²) in [5.74, 6) is 0.921. The molecule has 1 heterocycles. The molecule has 5 heteroatoms. The molecular formula is C14H21N3O2. The van der Waals surface area contributed by atoms with Crippen molar-refractivity contribution in [2.24, 2.45) is 5.73 Å². The largest absolute Gasteiger partial charge is 0.496 e. The first-order valence-corrected chi connectivity index (χ1v) is 6.58. The van der Waals surface area contributed by atoms with Crippen molar-refractivity contribution in [3.8, 4) is 5.75 Å². The van der Waals surface area contributed by atoms with Crippen LogP contribution >= 0.6 is 0 Å². The van der Waals surface area contributed by atoms with Gasteiger partial charge in [0.15, 0.2) is 0 Å². The topological polar surface area (TPSA) is 67.6 Å². The molecule has 0 radical (unpaired) electrons. The van der Waals surface area contributed by atoms with E-state index in [0.717, 1.165) is 42.9 Å². The fourth-order valence-corrected chi connectivity index (χ4v) is 2.35. The van der Waals surface area contributed by atoms with Gasteiger partial charge in [0, 0.05) is 31.7 Å². The SMILES string of the molecule is COc1ccc(CN2CCCNC(=O)C2)cc1CN.